The SMILES string of the molecule is CCNC(=NCc1ccccc1CN1CCN(CC)CC1)NCC1CC1.I. The Bertz CT molecular complexity index is 580. The smallest absolute Gasteiger partial charge is 0.191 e. The van der Waals surface area contributed by atoms with Gasteiger partial charge in [-0.1, -0.05) is 31.2 Å². The molecule has 1 aliphatic heterocycles. The minimum atomic E-state index is 0. The van der Waals surface area contributed by atoms with Gasteiger partial charge in [-0.05, 0) is 43.4 Å². The van der Waals surface area contributed by atoms with Crippen LogP contribution in [0.1, 0.15) is 37.8 Å². The van der Waals surface area contributed by atoms with Crippen molar-refractivity contribution in [2.75, 3.05) is 45.8 Å². The molecule has 3 rings (SSSR count). The molecule has 6 heteroatoms. The molecule has 1 heterocycles. The number of hydrogen-bond donors (Lipinski definition) is 2. The summed E-state index contributed by atoms with van der Waals surface area (Å²) in [7, 11) is 0. The minimum Gasteiger partial charge on any atom is -0.357 e. The van der Waals surface area contributed by atoms with E-state index < -0.39 is 0 Å². The molecule has 0 amide bonds. The molecule has 0 aromatic heterocycles. The molecular formula is C21H36IN5. The molecule has 1 saturated carbocycles. The maximum atomic E-state index is 4.83. The molecule has 1 aromatic carbocycles. The standard InChI is InChI=1S/C21H35N5.HI/c1-3-22-21(23-15-18-9-10-18)24-16-19-7-5-6-8-20(19)17-26-13-11-25(4-2)12-14-26;/h5-8,18H,3-4,9-17H2,1-2H3,(H2,22,23,24);1H. The number of rotatable bonds is 8. The normalized spacial score (nSPS) is 18.8. The summed E-state index contributed by atoms with van der Waals surface area (Å²) in [6.45, 7) is 14.0. The van der Waals surface area contributed by atoms with Crippen LogP contribution in [0.2, 0.25) is 0 Å². The first-order valence-corrected chi connectivity index (χ1v) is 10.3. The van der Waals surface area contributed by atoms with Gasteiger partial charge in [-0.25, -0.2) is 4.99 Å². The van der Waals surface area contributed by atoms with E-state index in [0.717, 1.165) is 51.1 Å². The molecular weight excluding hydrogens is 449 g/mol. The van der Waals surface area contributed by atoms with Gasteiger partial charge in [-0.2, -0.15) is 0 Å². The summed E-state index contributed by atoms with van der Waals surface area (Å²) in [5.41, 5.74) is 2.76. The zero-order chi connectivity index (χ0) is 18.2. The Balaban J connectivity index is 0.00000261. The van der Waals surface area contributed by atoms with Crippen molar-refractivity contribution in [1.29, 1.82) is 0 Å². The van der Waals surface area contributed by atoms with Crippen LogP contribution in [0.25, 0.3) is 0 Å². The predicted molar refractivity (Wildman–Crippen MR) is 125 cm³/mol. The molecule has 1 aromatic rings. The van der Waals surface area contributed by atoms with E-state index in [4.69, 9.17) is 4.99 Å². The van der Waals surface area contributed by atoms with Crippen molar-refractivity contribution >= 4 is 29.9 Å². The fourth-order valence-electron chi connectivity index (χ4n) is 3.44. The second kappa shape index (κ2) is 11.9. The highest BCUT2D eigenvalue weighted by molar-refractivity contribution is 14.0. The number of hydrogen-bond acceptors (Lipinski definition) is 3. The molecule has 2 aliphatic rings. The number of piperazine rings is 1. The first-order valence-electron chi connectivity index (χ1n) is 10.3. The molecule has 0 radical (unpaired) electrons. The van der Waals surface area contributed by atoms with Crippen LogP contribution in [0.4, 0.5) is 0 Å². The largest absolute Gasteiger partial charge is 0.357 e. The van der Waals surface area contributed by atoms with E-state index in [0.29, 0.717) is 0 Å². The van der Waals surface area contributed by atoms with E-state index in [1.807, 2.05) is 0 Å². The van der Waals surface area contributed by atoms with Crippen molar-refractivity contribution in [3.63, 3.8) is 0 Å². The minimum absolute atomic E-state index is 0. The number of halogens is 1. The van der Waals surface area contributed by atoms with Gasteiger partial charge in [0.15, 0.2) is 5.96 Å². The molecule has 1 aliphatic carbocycles. The quantitative estimate of drug-likeness (QED) is 0.338. The molecule has 1 saturated heterocycles. The molecule has 2 N–H and O–H groups in total. The van der Waals surface area contributed by atoms with Crippen molar-refractivity contribution < 1.29 is 0 Å². The number of likely N-dealkylation sites (N-methyl/N-ethyl adjacent to an activating group) is 1. The lowest BCUT2D eigenvalue weighted by Crippen LogP contribution is -2.45. The van der Waals surface area contributed by atoms with Crippen molar-refractivity contribution in [3.8, 4) is 0 Å². The maximum absolute atomic E-state index is 4.83. The van der Waals surface area contributed by atoms with Crippen LogP contribution >= 0.6 is 24.0 Å². The molecule has 0 spiro atoms. The number of nitrogens with one attached hydrogen (secondary N) is 2. The second-order valence-corrected chi connectivity index (χ2v) is 7.50. The third-order valence-electron chi connectivity index (χ3n) is 5.43. The average molecular weight is 485 g/mol. The molecule has 2 fully saturated rings. The van der Waals surface area contributed by atoms with Crippen LogP contribution < -0.4 is 10.6 Å². The summed E-state index contributed by atoms with van der Waals surface area (Å²) in [5.74, 6) is 1.80. The zero-order valence-corrected chi connectivity index (χ0v) is 19.2. The fourth-order valence-corrected chi connectivity index (χ4v) is 3.44. The highest BCUT2D eigenvalue weighted by atomic mass is 127. The Kier molecular flexibility index (Phi) is 9.86. The first-order chi connectivity index (χ1) is 12.8. The summed E-state index contributed by atoms with van der Waals surface area (Å²) in [6.07, 6.45) is 2.72. The average Bonchev–Trinajstić information content (AvgIpc) is 3.50. The summed E-state index contributed by atoms with van der Waals surface area (Å²) in [5, 5.41) is 6.86. The van der Waals surface area contributed by atoms with Gasteiger partial charge < -0.3 is 15.5 Å². The second-order valence-electron chi connectivity index (χ2n) is 7.50. The van der Waals surface area contributed by atoms with Gasteiger partial charge in [0.05, 0.1) is 6.54 Å². The van der Waals surface area contributed by atoms with Crippen LogP contribution in [-0.2, 0) is 13.1 Å². The summed E-state index contributed by atoms with van der Waals surface area (Å²) in [4.78, 5) is 9.93. The van der Waals surface area contributed by atoms with Gasteiger partial charge in [0, 0.05) is 45.8 Å². The van der Waals surface area contributed by atoms with Crippen LogP contribution in [0.3, 0.4) is 0 Å². The monoisotopic (exact) mass is 485 g/mol. The van der Waals surface area contributed by atoms with E-state index in [1.165, 1.54) is 43.6 Å². The lowest BCUT2D eigenvalue weighted by Gasteiger charge is -2.34. The number of benzene rings is 1. The Morgan fingerprint density at radius 1 is 1.00 bits per heavy atom. The Hall–Kier alpha value is -0.860. The summed E-state index contributed by atoms with van der Waals surface area (Å²) in [6, 6.07) is 8.78. The van der Waals surface area contributed by atoms with E-state index >= 15 is 0 Å². The maximum Gasteiger partial charge on any atom is 0.191 e. The van der Waals surface area contributed by atoms with Crippen molar-refractivity contribution in [2.45, 2.75) is 39.8 Å². The van der Waals surface area contributed by atoms with E-state index in [2.05, 4.69) is 58.5 Å². The molecule has 0 bridgehead atoms. The van der Waals surface area contributed by atoms with Gasteiger partial charge in [0.25, 0.3) is 0 Å². The Labute approximate surface area is 182 Å². The highest BCUT2D eigenvalue weighted by Crippen LogP contribution is 2.27. The molecule has 152 valence electrons. The number of nitrogens with zero attached hydrogens (tertiary/aromatic N) is 3. The Morgan fingerprint density at radius 3 is 2.30 bits per heavy atom. The lowest BCUT2D eigenvalue weighted by molar-refractivity contribution is 0.131. The third-order valence-corrected chi connectivity index (χ3v) is 5.43. The number of guanidine groups is 1. The Morgan fingerprint density at radius 2 is 1.67 bits per heavy atom. The number of aliphatic imine (C=N–C) groups is 1. The van der Waals surface area contributed by atoms with E-state index in [1.54, 1.807) is 0 Å². The molecule has 0 unspecified atom stereocenters. The van der Waals surface area contributed by atoms with Gasteiger partial charge in [0.2, 0.25) is 0 Å². The van der Waals surface area contributed by atoms with Crippen molar-refractivity contribution in [1.82, 2.24) is 20.4 Å². The van der Waals surface area contributed by atoms with Gasteiger partial charge >= 0.3 is 0 Å². The van der Waals surface area contributed by atoms with Gasteiger partial charge in [-0.15, -0.1) is 24.0 Å². The lowest BCUT2D eigenvalue weighted by atomic mass is 10.1. The van der Waals surface area contributed by atoms with E-state index in [9.17, 15) is 0 Å². The molecule has 27 heavy (non-hydrogen) atoms. The van der Waals surface area contributed by atoms with Crippen LogP contribution in [0, 0.1) is 5.92 Å². The molecule has 5 nitrogen and oxygen atoms in total. The van der Waals surface area contributed by atoms with E-state index in [-0.39, 0.29) is 24.0 Å². The third kappa shape index (κ3) is 7.58. The zero-order valence-electron chi connectivity index (χ0n) is 16.9. The van der Waals surface area contributed by atoms with Crippen LogP contribution in [-0.4, -0.2) is 61.6 Å². The van der Waals surface area contributed by atoms with Crippen LogP contribution in [0.5, 0.6) is 0 Å². The first kappa shape index (κ1) is 22.4. The van der Waals surface area contributed by atoms with Gasteiger partial charge in [-0.3, -0.25) is 4.90 Å². The fraction of sp³-hybridized carbons (Fsp3) is 0.667. The van der Waals surface area contributed by atoms with Gasteiger partial charge in [0.1, 0.15) is 0 Å². The van der Waals surface area contributed by atoms with Crippen molar-refractivity contribution in [3.05, 3.63) is 35.4 Å². The van der Waals surface area contributed by atoms with Crippen LogP contribution in [0.15, 0.2) is 29.3 Å². The summed E-state index contributed by atoms with van der Waals surface area (Å²) >= 11 is 0. The topological polar surface area (TPSA) is 42.9 Å². The molecule has 0 atom stereocenters. The highest BCUT2D eigenvalue weighted by Gasteiger charge is 2.21. The van der Waals surface area contributed by atoms with Crippen molar-refractivity contribution in [2.24, 2.45) is 10.9 Å². The summed E-state index contributed by atoms with van der Waals surface area (Å²) < 4.78 is 0. The predicted octanol–water partition coefficient (Wildman–Crippen LogP) is 2.91.